The van der Waals surface area contributed by atoms with Crippen LogP contribution in [0.25, 0.3) is 0 Å². The Morgan fingerprint density at radius 2 is 2.00 bits per heavy atom. The normalized spacial score (nSPS) is 10.6. The van der Waals surface area contributed by atoms with Crippen LogP contribution in [0, 0.1) is 0 Å². The lowest BCUT2D eigenvalue weighted by molar-refractivity contribution is -0.691. The van der Waals surface area contributed by atoms with Gasteiger partial charge in [-0.2, -0.15) is 23.5 Å². The highest BCUT2D eigenvalue weighted by Crippen LogP contribution is 1.95. The number of aromatic nitrogens is 2. The Morgan fingerprint density at radius 1 is 1.23 bits per heavy atom. The van der Waals surface area contributed by atoms with E-state index in [0.29, 0.717) is 0 Å². The van der Waals surface area contributed by atoms with E-state index in [4.69, 9.17) is 0 Å². The van der Waals surface area contributed by atoms with Crippen molar-refractivity contribution in [3.8, 4) is 0 Å². The molecular formula is C9H17N2S2+. The molecule has 0 saturated heterocycles. The van der Waals surface area contributed by atoms with Gasteiger partial charge in [-0.1, -0.05) is 0 Å². The molecule has 2 nitrogen and oxygen atoms in total. The third-order valence-corrected chi connectivity index (χ3v) is 3.04. The van der Waals surface area contributed by atoms with E-state index >= 15 is 0 Å². The van der Waals surface area contributed by atoms with Crippen LogP contribution in [-0.4, -0.2) is 28.6 Å². The van der Waals surface area contributed by atoms with Crippen molar-refractivity contribution >= 4 is 23.5 Å². The minimum absolute atomic E-state index is 1.12. The maximum atomic E-state index is 2.25. The molecule has 0 spiro atoms. The van der Waals surface area contributed by atoms with Crippen LogP contribution in [0.4, 0.5) is 0 Å². The average Bonchev–Trinajstić information content (AvgIpc) is 2.59. The first-order valence-corrected chi connectivity index (χ1v) is 7.18. The molecule has 1 heterocycles. The van der Waals surface area contributed by atoms with Gasteiger partial charge in [0.15, 0.2) is 0 Å². The Bertz CT molecular complexity index is 213. The summed E-state index contributed by atoms with van der Waals surface area (Å²) in [7, 11) is 0. The summed E-state index contributed by atoms with van der Waals surface area (Å²) in [5, 5.41) is 0. The molecule has 1 aromatic rings. The van der Waals surface area contributed by atoms with Crippen molar-refractivity contribution in [1.82, 2.24) is 4.57 Å². The first-order chi connectivity index (χ1) is 6.36. The molecule has 74 valence electrons. The summed E-state index contributed by atoms with van der Waals surface area (Å²) < 4.78 is 4.49. The third-order valence-electron chi connectivity index (χ3n) is 1.85. The molecule has 4 heteroatoms. The smallest absolute Gasteiger partial charge is 0.236 e. The van der Waals surface area contributed by atoms with Crippen molar-refractivity contribution in [3.05, 3.63) is 18.7 Å². The van der Waals surface area contributed by atoms with Gasteiger partial charge in [0, 0.05) is 11.5 Å². The molecule has 0 bridgehead atoms. The van der Waals surface area contributed by atoms with E-state index in [-0.39, 0.29) is 0 Å². The molecule has 0 N–H and O–H groups in total. The minimum atomic E-state index is 1.12. The molecule has 0 atom stereocenters. The fourth-order valence-corrected chi connectivity index (χ4v) is 1.88. The fraction of sp³-hybridized carbons (Fsp3) is 0.667. The summed E-state index contributed by atoms with van der Waals surface area (Å²) in [6.07, 6.45) is 10.8. The molecule has 0 saturated carbocycles. The number of thioether (sulfide) groups is 2. The lowest BCUT2D eigenvalue weighted by Crippen LogP contribution is -2.32. The zero-order valence-electron chi connectivity index (χ0n) is 8.27. The summed E-state index contributed by atoms with van der Waals surface area (Å²) in [5.74, 6) is 2.38. The maximum Gasteiger partial charge on any atom is 0.243 e. The number of hydrogen-bond acceptors (Lipinski definition) is 2. The van der Waals surface area contributed by atoms with Crippen LogP contribution in [0.3, 0.4) is 0 Å². The highest BCUT2D eigenvalue weighted by molar-refractivity contribution is 7.98. The average molecular weight is 217 g/mol. The molecule has 0 radical (unpaired) electrons. The maximum absolute atomic E-state index is 2.25. The summed E-state index contributed by atoms with van der Waals surface area (Å²) in [4.78, 5) is 0. The van der Waals surface area contributed by atoms with Gasteiger partial charge in [0.25, 0.3) is 0 Å². The van der Waals surface area contributed by atoms with Gasteiger partial charge in [-0.25, -0.2) is 9.13 Å². The standard InChI is InChI=1S/C9H17N2S2/c1-12-7-5-10-3-4-11(9-10)6-8-13-2/h3-4,9H,5-8H2,1-2H3/q+1. The summed E-state index contributed by atoms with van der Waals surface area (Å²) in [6, 6.07) is 0. The Hall–Kier alpha value is -0.0900. The van der Waals surface area contributed by atoms with Crippen molar-refractivity contribution in [2.75, 3.05) is 24.0 Å². The molecule has 13 heavy (non-hydrogen) atoms. The zero-order chi connectivity index (χ0) is 9.52. The summed E-state index contributed by atoms with van der Waals surface area (Å²) in [6.45, 7) is 2.24. The molecule has 1 rings (SSSR count). The van der Waals surface area contributed by atoms with E-state index in [1.165, 1.54) is 11.5 Å². The van der Waals surface area contributed by atoms with Crippen molar-refractivity contribution in [2.45, 2.75) is 13.1 Å². The van der Waals surface area contributed by atoms with Gasteiger partial charge < -0.3 is 0 Å². The third kappa shape index (κ3) is 4.09. The highest BCUT2D eigenvalue weighted by atomic mass is 32.2. The van der Waals surface area contributed by atoms with E-state index in [0.717, 1.165) is 13.1 Å². The SMILES string of the molecule is CSCCn1cc[n+](CCSC)c1. The van der Waals surface area contributed by atoms with Crippen molar-refractivity contribution in [1.29, 1.82) is 0 Å². The molecule has 0 aliphatic carbocycles. The van der Waals surface area contributed by atoms with E-state index in [9.17, 15) is 0 Å². The predicted octanol–water partition coefficient (Wildman–Crippen LogP) is 1.50. The summed E-state index contributed by atoms with van der Waals surface area (Å²) >= 11 is 3.78. The second-order valence-corrected chi connectivity index (χ2v) is 4.85. The first-order valence-electron chi connectivity index (χ1n) is 4.39. The highest BCUT2D eigenvalue weighted by Gasteiger charge is 2.01. The van der Waals surface area contributed by atoms with Crippen LogP contribution in [0.2, 0.25) is 0 Å². The molecule has 0 aliphatic heterocycles. The molecule has 0 unspecified atom stereocenters. The van der Waals surface area contributed by atoms with Gasteiger partial charge in [0.1, 0.15) is 12.4 Å². The number of aryl methyl sites for hydroxylation is 2. The Labute approximate surface area is 88.7 Å². The van der Waals surface area contributed by atoms with E-state index in [1.54, 1.807) is 0 Å². The van der Waals surface area contributed by atoms with Gasteiger partial charge in [-0.15, -0.1) is 0 Å². The second-order valence-electron chi connectivity index (χ2n) is 2.87. The van der Waals surface area contributed by atoms with Crippen LogP contribution in [0.15, 0.2) is 18.7 Å². The topological polar surface area (TPSA) is 8.81 Å². The van der Waals surface area contributed by atoms with Gasteiger partial charge in [0.05, 0.1) is 13.1 Å². The van der Waals surface area contributed by atoms with Crippen molar-refractivity contribution in [3.63, 3.8) is 0 Å². The minimum Gasteiger partial charge on any atom is -0.236 e. The summed E-state index contributed by atoms with van der Waals surface area (Å²) in [5.41, 5.74) is 0. The van der Waals surface area contributed by atoms with Crippen LogP contribution in [0.1, 0.15) is 0 Å². The van der Waals surface area contributed by atoms with Gasteiger partial charge in [-0.3, -0.25) is 0 Å². The first kappa shape index (κ1) is 11.0. The number of hydrogen-bond donors (Lipinski definition) is 0. The largest absolute Gasteiger partial charge is 0.243 e. The molecule has 1 aromatic heterocycles. The van der Waals surface area contributed by atoms with Crippen LogP contribution >= 0.6 is 23.5 Å². The lowest BCUT2D eigenvalue weighted by Gasteiger charge is -1.93. The second kappa shape index (κ2) is 6.38. The molecular weight excluding hydrogens is 200 g/mol. The van der Waals surface area contributed by atoms with Gasteiger partial charge in [0.2, 0.25) is 6.33 Å². The van der Waals surface area contributed by atoms with Crippen molar-refractivity contribution in [2.24, 2.45) is 0 Å². The van der Waals surface area contributed by atoms with Crippen LogP contribution in [-0.2, 0) is 13.1 Å². The van der Waals surface area contributed by atoms with E-state index in [2.05, 4.69) is 40.4 Å². The lowest BCUT2D eigenvalue weighted by atomic mass is 10.7. The van der Waals surface area contributed by atoms with E-state index < -0.39 is 0 Å². The number of rotatable bonds is 6. The molecule has 0 amide bonds. The Morgan fingerprint density at radius 3 is 2.69 bits per heavy atom. The van der Waals surface area contributed by atoms with E-state index in [1.807, 2.05) is 23.5 Å². The molecule has 0 aliphatic rings. The molecule has 0 aromatic carbocycles. The van der Waals surface area contributed by atoms with Gasteiger partial charge in [-0.05, 0) is 12.5 Å². The number of nitrogens with zero attached hydrogens (tertiary/aromatic N) is 2. The van der Waals surface area contributed by atoms with Crippen molar-refractivity contribution < 1.29 is 4.57 Å². The fourth-order valence-electron chi connectivity index (χ4n) is 1.10. The Kier molecular flexibility index (Phi) is 5.39. The van der Waals surface area contributed by atoms with Gasteiger partial charge >= 0.3 is 0 Å². The Balaban J connectivity index is 2.34. The van der Waals surface area contributed by atoms with Crippen LogP contribution in [0.5, 0.6) is 0 Å². The van der Waals surface area contributed by atoms with Crippen LogP contribution < -0.4 is 4.57 Å². The zero-order valence-corrected chi connectivity index (χ0v) is 9.90. The monoisotopic (exact) mass is 217 g/mol. The number of imidazole rings is 1. The predicted molar refractivity (Wildman–Crippen MR) is 61.4 cm³/mol. The quantitative estimate of drug-likeness (QED) is 0.668. The molecule has 0 fully saturated rings.